The Kier molecular flexibility index (Phi) is 6.58. The molecule has 1 aliphatic carbocycles. The van der Waals surface area contributed by atoms with Crippen LogP contribution in [0.15, 0.2) is 59.5 Å². The molecule has 0 aromatic heterocycles. The zero-order valence-electron chi connectivity index (χ0n) is 18.9. The van der Waals surface area contributed by atoms with Gasteiger partial charge in [0.1, 0.15) is 20.7 Å². The maximum atomic E-state index is 14.2. The maximum Gasteiger partial charge on any atom is 0.310 e. The summed E-state index contributed by atoms with van der Waals surface area (Å²) in [6.07, 6.45) is 0. The van der Waals surface area contributed by atoms with Crippen LogP contribution in [0.2, 0.25) is 5.02 Å². The minimum absolute atomic E-state index is 0.0136. The van der Waals surface area contributed by atoms with Crippen LogP contribution in [0.3, 0.4) is 0 Å². The van der Waals surface area contributed by atoms with Gasteiger partial charge >= 0.3 is 10.2 Å². The summed E-state index contributed by atoms with van der Waals surface area (Å²) in [5.74, 6) is -6.20. The van der Waals surface area contributed by atoms with E-state index in [1.165, 1.54) is 12.1 Å². The van der Waals surface area contributed by atoms with Crippen LogP contribution in [0.4, 0.5) is 45.3 Å². The number of nitrogens with one attached hydrogen (secondary N) is 2. The Morgan fingerprint density at radius 2 is 1.51 bits per heavy atom. The van der Waals surface area contributed by atoms with Crippen molar-refractivity contribution in [2.45, 2.75) is 15.1 Å². The zero-order valence-corrected chi connectivity index (χ0v) is 22.0. The molecule has 0 aliphatic heterocycles. The Balaban J connectivity index is 1.51. The first-order chi connectivity index (χ1) is 17.7. The van der Waals surface area contributed by atoms with Crippen molar-refractivity contribution in [1.82, 2.24) is 0 Å². The Labute approximate surface area is 231 Å². The fraction of sp³-hybridized carbons (Fsp3) is 0.130. The van der Waals surface area contributed by atoms with Crippen LogP contribution in [0.5, 0.6) is 0 Å². The second-order valence-corrected chi connectivity index (χ2v) is 12.9. The van der Waals surface area contributed by atoms with Gasteiger partial charge in [0, 0.05) is 11.6 Å². The second kappa shape index (κ2) is 8.82. The van der Waals surface area contributed by atoms with Gasteiger partial charge in [0.25, 0.3) is 5.91 Å². The quantitative estimate of drug-likeness (QED) is 0.144. The summed E-state index contributed by atoms with van der Waals surface area (Å²) < 4.78 is 90.8. The highest BCUT2D eigenvalue weighted by atomic mass is 35.5. The van der Waals surface area contributed by atoms with E-state index >= 15 is 0 Å². The van der Waals surface area contributed by atoms with Gasteiger partial charge in [0.05, 0.1) is 22.2 Å². The second-order valence-electron chi connectivity index (χ2n) is 8.63. The molecule has 0 saturated heterocycles. The number of nitrogens with two attached hydrogens (primary N) is 1. The van der Waals surface area contributed by atoms with Gasteiger partial charge in [-0.05, 0) is 48.0 Å². The monoisotopic (exact) mass is 635 g/mol. The molecule has 3 aromatic rings. The van der Waals surface area contributed by atoms with Gasteiger partial charge < -0.3 is 16.4 Å². The van der Waals surface area contributed by atoms with Crippen LogP contribution >= 0.6 is 45.0 Å². The lowest BCUT2D eigenvalue weighted by Gasteiger charge is -2.40. The minimum atomic E-state index is -9.89. The fourth-order valence-electron chi connectivity index (χ4n) is 3.85. The molecule has 2 amide bonds. The van der Waals surface area contributed by atoms with Gasteiger partial charge in [-0.3, -0.25) is 9.59 Å². The first kappa shape index (κ1) is 29.1. The summed E-state index contributed by atoms with van der Waals surface area (Å²) in [7, 11) is -9.89. The molecule has 210 valence electrons. The van der Waals surface area contributed by atoms with E-state index < -0.39 is 66.1 Å². The van der Waals surface area contributed by atoms with Crippen molar-refractivity contribution in [2.75, 3.05) is 16.4 Å². The van der Waals surface area contributed by atoms with Crippen molar-refractivity contribution in [3.63, 3.8) is 0 Å². The molecule has 1 aliphatic rings. The molecule has 1 saturated carbocycles. The molecule has 4 N–H and O–H groups in total. The molecule has 2 atom stereocenters. The predicted octanol–water partition coefficient (Wildman–Crippen LogP) is 8.64. The van der Waals surface area contributed by atoms with Crippen LogP contribution in [0, 0.1) is 17.6 Å². The minimum Gasteiger partial charge on any atom is -0.394 e. The molecule has 4 rings (SSSR count). The summed E-state index contributed by atoms with van der Waals surface area (Å²) in [5.41, 5.74) is 3.83. The topological polar surface area (TPSA) is 84.2 Å². The largest absolute Gasteiger partial charge is 0.394 e. The fourth-order valence-corrected chi connectivity index (χ4v) is 5.53. The van der Waals surface area contributed by atoms with Crippen LogP contribution in [0.1, 0.15) is 21.8 Å². The maximum absolute atomic E-state index is 14.2. The van der Waals surface area contributed by atoms with Gasteiger partial charge in [0.2, 0.25) is 5.91 Å². The van der Waals surface area contributed by atoms with Crippen molar-refractivity contribution in [3.8, 4) is 0 Å². The van der Waals surface area contributed by atoms with Gasteiger partial charge in [0.15, 0.2) is 5.82 Å². The van der Waals surface area contributed by atoms with Crippen molar-refractivity contribution < 1.29 is 37.8 Å². The molecule has 0 bridgehead atoms. The number of hydrogen-bond donors (Lipinski definition) is 3. The highest BCUT2D eigenvalue weighted by Crippen LogP contribution is 3.02. The average molecular weight is 637 g/mol. The number of amides is 2. The molecule has 0 spiro atoms. The first-order valence-electron chi connectivity index (χ1n) is 10.6. The number of hydrogen-bond acceptors (Lipinski definition) is 3. The lowest BCUT2D eigenvalue weighted by Crippen LogP contribution is -2.18. The van der Waals surface area contributed by atoms with E-state index in [-0.39, 0.29) is 34.0 Å². The Morgan fingerprint density at radius 1 is 0.897 bits per heavy atom. The molecule has 39 heavy (non-hydrogen) atoms. The molecule has 16 heteroatoms. The van der Waals surface area contributed by atoms with Crippen molar-refractivity contribution in [2.24, 2.45) is 5.92 Å². The highest BCUT2D eigenvalue weighted by molar-refractivity contribution is 8.45. The van der Waals surface area contributed by atoms with E-state index in [9.17, 15) is 37.8 Å². The van der Waals surface area contributed by atoms with Gasteiger partial charge in [-0.1, -0.05) is 43.2 Å². The predicted molar refractivity (Wildman–Crippen MR) is 137 cm³/mol. The molecular formula is C23H15Cl3F7N3O2S. The number of nitrogen functional groups attached to an aromatic ring is 1. The third-order valence-electron chi connectivity index (χ3n) is 5.87. The molecule has 0 radical (unpaired) electrons. The number of anilines is 3. The Morgan fingerprint density at radius 3 is 2.10 bits per heavy atom. The average Bonchev–Trinajstić information content (AvgIpc) is 3.41. The molecule has 1 fully saturated rings. The number of halogens is 10. The number of carbonyl (C=O) groups is 2. The first-order valence-corrected chi connectivity index (χ1v) is 13.7. The third kappa shape index (κ3) is 5.86. The molecule has 5 nitrogen and oxygen atoms in total. The van der Waals surface area contributed by atoms with Crippen LogP contribution in [-0.2, 0) is 4.79 Å². The van der Waals surface area contributed by atoms with Gasteiger partial charge in [-0.15, -0.1) is 23.2 Å². The van der Waals surface area contributed by atoms with Gasteiger partial charge in [-0.25, -0.2) is 8.78 Å². The SMILES string of the molecule is Nc1c(F)ccc(NC(=O)c2cc(NC(=O)[C@H]3[C@H](c4ccc(S(F)(F)(F)(F)F)cc4)C3(Cl)Cl)ccc2Cl)c1F. The summed E-state index contributed by atoms with van der Waals surface area (Å²) in [6, 6.07) is 7.35. The summed E-state index contributed by atoms with van der Waals surface area (Å²) in [5, 5.41) is 4.52. The van der Waals surface area contributed by atoms with Crippen molar-refractivity contribution in [1.29, 1.82) is 0 Å². The summed E-state index contributed by atoms with van der Waals surface area (Å²) >= 11 is 18.4. The lowest BCUT2D eigenvalue weighted by atomic mass is 10.1. The van der Waals surface area contributed by atoms with E-state index in [2.05, 4.69) is 10.6 Å². The number of carbonyl (C=O) groups excluding carboxylic acids is 2. The van der Waals surface area contributed by atoms with Crippen molar-refractivity contribution in [3.05, 3.63) is 82.4 Å². The summed E-state index contributed by atoms with van der Waals surface area (Å²) in [4.78, 5) is 23.4. The summed E-state index contributed by atoms with van der Waals surface area (Å²) in [6.45, 7) is 0. The third-order valence-corrected chi connectivity index (χ3v) is 8.31. The lowest BCUT2D eigenvalue weighted by molar-refractivity contribution is -0.117. The number of rotatable bonds is 6. The standard InChI is InChI=1S/C23H15Cl3F7N3O2S/c24-14-6-3-11(9-13(14)21(37)36-16-8-7-15(27)20(34)19(16)28)35-22(38)18-17(23(18,25)26)10-1-4-12(5-2-10)39(29,30,31,32)33/h1-9,17-18H,34H2,(H,35,38)(H,36,37)/t17-,18+/m0/s1. The Bertz CT molecular complexity index is 1520. The molecule has 0 heterocycles. The van der Waals surface area contributed by atoms with Gasteiger partial charge in [-0.2, -0.15) is 0 Å². The zero-order chi connectivity index (χ0) is 29.2. The molecular weight excluding hydrogens is 622 g/mol. The smallest absolute Gasteiger partial charge is 0.310 e. The van der Waals surface area contributed by atoms with E-state index in [1.807, 2.05) is 0 Å². The molecule has 3 aromatic carbocycles. The van der Waals surface area contributed by atoms with Crippen LogP contribution in [-0.4, -0.2) is 16.1 Å². The van der Waals surface area contributed by atoms with E-state index in [4.69, 9.17) is 40.5 Å². The number of alkyl halides is 2. The number of benzene rings is 3. The van der Waals surface area contributed by atoms with E-state index in [0.717, 1.165) is 30.3 Å². The van der Waals surface area contributed by atoms with Crippen molar-refractivity contribution >= 4 is 73.9 Å². The van der Waals surface area contributed by atoms with Crippen LogP contribution < -0.4 is 16.4 Å². The Hall–Kier alpha value is -2.87. The highest BCUT2D eigenvalue weighted by Gasteiger charge is 2.68. The van der Waals surface area contributed by atoms with E-state index in [1.54, 1.807) is 0 Å². The normalized spacial score (nSPS) is 19.9. The van der Waals surface area contributed by atoms with Crippen LogP contribution in [0.25, 0.3) is 0 Å². The molecule has 0 unspecified atom stereocenters. The van der Waals surface area contributed by atoms with E-state index in [0.29, 0.717) is 0 Å².